The third-order valence-electron chi connectivity index (χ3n) is 3.12. The van der Waals surface area contributed by atoms with Crippen LogP contribution in [0.2, 0.25) is 0 Å². The number of benzene rings is 2. The average Bonchev–Trinajstić information content (AvgIpc) is 2.46. The molecular weight excluding hydrogens is 288 g/mol. The van der Waals surface area contributed by atoms with Crippen LogP contribution in [0.4, 0.5) is 5.69 Å². The molecule has 0 heterocycles. The van der Waals surface area contributed by atoms with Crippen LogP contribution in [-0.4, -0.2) is 21.4 Å². The third-order valence-corrected chi connectivity index (χ3v) is 4.05. The van der Waals surface area contributed by atoms with E-state index >= 15 is 0 Å². The number of carbonyl (C=O) groups is 1. The number of sulfonamides is 1. The topological polar surface area (TPSA) is 80.5 Å². The second-order valence-electron chi connectivity index (χ2n) is 4.65. The summed E-state index contributed by atoms with van der Waals surface area (Å²) in [4.78, 5) is 13.7. The van der Waals surface area contributed by atoms with E-state index in [2.05, 4.69) is 0 Å². The Morgan fingerprint density at radius 2 is 1.62 bits per heavy atom. The molecule has 110 valence electrons. The van der Waals surface area contributed by atoms with Crippen molar-refractivity contribution in [2.45, 2.75) is 11.3 Å². The van der Waals surface area contributed by atoms with Gasteiger partial charge in [-0.15, -0.1) is 0 Å². The molecule has 2 aromatic carbocycles. The number of primary sulfonamides is 1. The van der Waals surface area contributed by atoms with Gasteiger partial charge in [0.1, 0.15) is 0 Å². The van der Waals surface area contributed by atoms with E-state index in [0.29, 0.717) is 5.69 Å². The van der Waals surface area contributed by atoms with Gasteiger partial charge in [0.2, 0.25) is 15.9 Å². The summed E-state index contributed by atoms with van der Waals surface area (Å²) in [5, 5.41) is 5.04. The zero-order valence-electron chi connectivity index (χ0n) is 11.6. The fourth-order valence-electron chi connectivity index (χ4n) is 1.89. The van der Waals surface area contributed by atoms with Gasteiger partial charge >= 0.3 is 0 Å². The lowest BCUT2D eigenvalue weighted by atomic mass is 10.1. The summed E-state index contributed by atoms with van der Waals surface area (Å²) >= 11 is 0. The van der Waals surface area contributed by atoms with Crippen LogP contribution in [0.3, 0.4) is 0 Å². The predicted octanol–water partition coefficient (Wildman–Crippen LogP) is 1.54. The molecule has 0 atom stereocenters. The van der Waals surface area contributed by atoms with Gasteiger partial charge in [-0.05, 0) is 29.8 Å². The minimum Gasteiger partial charge on any atom is -0.315 e. The van der Waals surface area contributed by atoms with Crippen molar-refractivity contribution in [3.63, 3.8) is 0 Å². The highest BCUT2D eigenvalue weighted by atomic mass is 32.2. The smallest absolute Gasteiger partial charge is 0.238 e. The van der Waals surface area contributed by atoms with Crippen LogP contribution in [0, 0.1) is 0 Å². The zero-order chi connectivity index (χ0) is 15.5. The van der Waals surface area contributed by atoms with Crippen LogP contribution in [0.15, 0.2) is 59.5 Å². The summed E-state index contributed by atoms with van der Waals surface area (Å²) < 4.78 is 22.4. The monoisotopic (exact) mass is 304 g/mol. The van der Waals surface area contributed by atoms with E-state index in [1.54, 1.807) is 19.2 Å². The largest absolute Gasteiger partial charge is 0.315 e. The van der Waals surface area contributed by atoms with E-state index in [0.717, 1.165) is 5.56 Å². The van der Waals surface area contributed by atoms with Crippen molar-refractivity contribution in [2.24, 2.45) is 5.14 Å². The predicted molar refractivity (Wildman–Crippen MR) is 81.4 cm³/mol. The molecule has 5 nitrogen and oxygen atoms in total. The molecule has 2 rings (SSSR count). The maximum atomic E-state index is 12.2. The highest BCUT2D eigenvalue weighted by molar-refractivity contribution is 7.89. The maximum absolute atomic E-state index is 12.2. The molecule has 2 aromatic rings. The van der Waals surface area contributed by atoms with Crippen LogP contribution >= 0.6 is 0 Å². The second-order valence-corrected chi connectivity index (χ2v) is 6.22. The fraction of sp³-hybridized carbons (Fsp3) is 0.133. The number of hydrogen-bond acceptors (Lipinski definition) is 3. The lowest BCUT2D eigenvalue weighted by molar-refractivity contribution is -0.117. The Balaban J connectivity index is 2.12. The van der Waals surface area contributed by atoms with Crippen molar-refractivity contribution in [2.75, 3.05) is 11.9 Å². The number of amides is 1. The summed E-state index contributed by atoms with van der Waals surface area (Å²) in [5.74, 6) is -0.0791. The fourth-order valence-corrected chi connectivity index (χ4v) is 2.41. The lowest BCUT2D eigenvalue weighted by Gasteiger charge is -2.17. The Morgan fingerprint density at radius 3 is 2.14 bits per heavy atom. The molecule has 0 fully saturated rings. The number of likely N-dealkylation sites (N-methyl/N-ethyl adjacent to an activating group) is 1. The Kier molecular flexibility index (Phi) is 4.40. The molecule has 2 N–H and O–H groups in total. The first kappa shape index (κ1) is 15.2. The van der Waals surface area contributed by atoms with Crippen molar-refractivity contribution in [1.29, 1.82) is 0 Å². The van der Waals surface area contributed by atoms with E-state index in [-0.39, 0.29) is 17.2 Å². The van der Waals surface area contributed by atoms with Gasteiger partial charge in [-0.1, -0.05) is 30.3 Å². The van der Waals surface area contributed by atoms with E-state index < -0.39 is 10.0 Å². The molecule has 0 spiro atoms. The summed E-state index contributed by atoms with van der Waals surface area (Å²) in [6, 6.07) is 15.3. The minimum atomic E-state index is -3.72. The molecule has 1 amide bonds. The summed E-state index contributed by atoms with van der Waals surface area (Å²) in [5.41, 5.74) is 1.54. The number of rotatable bonds is 4. The van der Waals surface area contributed by atoms with Crippen molar-refractivity contribution in [1.82, 2.24) is 0 Å². The van der Waals surface area contributed by atoms with Gasteiger partial charge in [-0.2, -0.15) is 0 Å². The van der Waals surface area contributed by atoms with Crippen LogP contribution in [0.25, 0.3) is 0 Å². The highest BCUT2D eigenvalue weighted by Gasteiger charge is 2.13. The van der Waals surface area contributed by atoms with Crippen LogP contribution in [-0.2, 0) is 21.2 Å². The van der Waals surface area contributed by atoms with Gasteiger partial charge in [0, 0.05) is 12.7 Å². The van der Waals surface area contributed by atoms with Crippen LogP contribution < -0.4 is 10.0 Å². The SMILES string of the molecule is CN(C(=O)Cc1ccccc1)c1ccc(S(N)(=O)=O)cc1. The standard InChI is InChI=1S/C15H16N2O3S/c1-17(15(18)11-12-5-3-2-4-6-12)13-7-9-14(10-8-13)21(16,19)20/h2-10H,11H2,1H3,(H2,16,19,20). The van der Waals surface area contributed by atoms with Gasteiger partial charge in [-0.25, -0.2) is 13.6 Å². The third kappa shape index (κ3) is 3.90. The molecule has 21 heavy (non-hydrogen) atoms. The summed E-state index contributed by atoms with van der Waals surface area (Å²) in [6.45, 7) is 0. The average molecular weight is 304 g/mol. The zero-order valence-corrected chi connectivity index (χ0v) is 12.4. The molecule has 0 bridgehead atoms. The Bertz CT molecular complexity index is 725. The molecule has 0 saturated heterocycles. The first-order chi connectivity index (χ1) is 9.88. The van der Waals surface area contributed by atoms with Crippen molar-refractivity contribution in [3.05, 3.63) is 60.2 Å². The molecular formula is C15H16N2O3S. The number of nitrogens with two attached hydrogens (primary N) is 1. The Hall–Kier alpha value is -2.18. The Labute approximate surface area is 124 Å². The van der Waals surface area contributed by atoms with Crippen LogP contribution in [0.5, 0.6) is 0 Å². The Morgan fingerprint density at radius 1 is 1.05 bits per heavy atom. The van der Waals surface area contributed by atoms with E-state index in [4.69, 9.17) is 5.14 Å². The minimum absolute atomic E-state index is 0.0233. The van der Waals surface area contributed by atoms with Gasteiger partial charge in [0.25, 0.3) is 0 Å². The van der Waals surface area contributed by atoms with Crippen molar-refractivity contribution in [3.8, 4) is 0 Å². The van der Waals surface area contributed by atoms with E-state index in [9.17, 15) is 13.2 Å². The van der Waals surface area contributed by atoms with E-state index in [1.165, 1.54) is 17.0 Å². The number of carbonyl (C=O) groups excluding carboxylic acids is 1. The first-order valence-electron chi connectivity index (χ1n) is 6.31. The molecule has 0 unspecified atom stereocenters. The molecule has 0 aliphatic carbocycles. The van der Waals surface area contributed by atoms with Crippen LogP contribution in [0.1, 0.15) is 5.56 Å². The van der Waals surface area contributed by atoms with Gasteiger partial charge < -0.3 is 4.90 Å². The van der Waals surface area contributed by atoms with Gasteiger partial charge in [-0.3, -0.25) is 4.79 Å². The number of anilines is 1. The number of hydrogen-bond donors (Lipinski definition) is 1. The molecule has 0 aliphatic heterocycles. The number of nitrogens with zero attached hydrogens (tertiary/aromatic N) is 1. The highest BCUT2D eigenvalue weighted by Crippen LogP contribution is 2.17. The van der Waals surface area contributed by atoms with E-state index in [1.807, 2.05) is 30.3 Å². The van der Waals surface area contributed by atoms with Crippen molar-refractivity contribution >= 4 is 21.6 Å². The normalized spacial score (nSPS) is 11.1. The molecule has 0 aliphatic rings. The quantitative estimate of drug-likeness (QED) is 0.930. The molecule has 0 radical (unpaired) electrons. The summed E-state index contributed by atoms with van der Waals surface area (Å²) in [7, 11) is -2.07. The van der Waals surface area contributed by atoms with Gasteiger partial charge in [0.15, 0.2) is 0 Å². The first-order valence-corrected chi connectivity index (χ1v) is 7.86. The second kappa shape index (κ2) is 6.07. The van der Waals surface area contributed by atoms with Crippen molar-refractivity contribution < 1.29 is 13.2 Å². The molecule has 0 aromatic heterocycles. The van der Waals surface area contributed by atoms with Gasteiger partial charge in [0.05, 0.1) is 11.3 Å². The summed E-state index contributed by atoms with van der Waals surface area (Å²) in [6.07, 6.45) is 0.286. The molecule has 0 saturated carbocycles. The maximum Gasteiger partial charge on any atom is 0.238 e. The lowest BCUT2D eigenvalue weighted by Crippen LogP contribution is -2.27. The molecule has 6 heteroatoms.